The quantitative estimate of drug-likeness (QED) is 0.748. The van der Waals surface area contributed by atoms with Crippen LogP contribution in [0.1, 0.15) is 24.8 Å². The maximum Gasteiger partial charge on any atom is 0.120 e. The summed E-state index contributed by atoms with van der Waals surface area (Å²) in [5.74, 6) is 1.29. The molecule has 1 nitrogen and oxygen atoms in total. The Balaban J connectivity index is 2.88. The van der Waals surface area contributed by atoms with Crippen LogP contribution in [0.15, 0.2) is 18.2 Å². The zero-order valence-corrected chi connectivity index (χ0v) is 10.7. The molecule has 0 aromatic heterocycles. The largest absolute Gasteiger partial charge is 0.497 e. The van der Waals surface area contributed by atoms with Crippen LogP contribution >= 0.6 is 27.5 Å². The molecule has 1 aromatic rings. The number of hydrogen-bond donors (Lipinski definition) is 0. The highest BCUT2D eigenvalue weighted by atomic mass is 79.9. The second-order valence-electron chi connectivity index (χ2n) is 3.27. The fourth-order valence-corrected chi connectivity index (χ4v) is 2.40. The van der Waals surface area contributed by atoms with E-state index in [2.05, 4.69) is 22.9 Å². The van der Waals surface area contributed by atoms with Gasteiger partial charge in [-0.3, -0.25) is 0 Å². The summed E-state index contributed by atoms with van der Waals surface area (Å²) < 4.78 is 5.10. The van der Waals surface area contributed by atoms with Gasteiger partial charge in [-0.25, -0.2) is 0 Å². The highest BCUT2D eigenvalue weighted by molar-refractivity contribution is 9.09. The SMILES string of the molecule is COc1ccc(C(C)CCBr)c(Cl)c1. The molecule has 1 unspecified atom stereocenters. The second-order valence-corrected chi connectivity index (χ2v) is 4.47. The third-order valence-electron chi connectivity index (χ3n) is 2.28. The number of alkyl halides is 1. The molecule has 0 heterocycles. The summed E-state index contributed by atoms with van der Waals surface area (Å²) in [5, 5.41) is 1.79. The molecule has 0 N–H and O–H groups in total. The zero-order valence-electron chi connectivity index (χ0n) is 8.39. The number of ether oxygens (including phenoxy) is 1. The molecule has 0 saturated carbocycles. The van der Waals surface area contributed by atoms with E-state index in [1.54, 1.807) is 7.11 Å². The van der Waals surface area contributed by atoms with Gasteiger partial charge >= 0.3 is 0 Å². The molecule has 0 radical (unpaired) electrons. The Morgan fingerprint density at radius 2 is 2.21 bits per heavy atom. The fourth-order valence-electron chi connectivity index (χ4n) is 1.35. The van der Waals surface area contributed by atoms with Crippen LogP contribution in [0.25, 0.3) is 0 Å². The van der Waals surface area contributed by atoms with Gasteiger partial charge in [0.2, 0.25) is 0 Å². The Labute approximate surface area is 98.5 Å². The first-order valence-corrected chi connectivity index (χ1v) is 6.08. The Morgan fingerprint density at radius 3 is 2.71 bits per heavy atom. The molecule has 1 atom stereocenters. The third kappa shape index (κ3) is 2.89. The second kappa shape index (κ2) is 5.62. The summed E-state index contributed by atoms with van der Waals surface area (Å²) in [6.45, 7) is 2.18. The molecule has 0 aliphatic heterocycles. The molecule has 0 bridgehead atoms. The van der Waals surface area contributed by atoms with Gasteiger partial charge in [-0.05, 0) is 30.0 Å². The van der Waals surface area contributed by atoms with E-state index in [1.165, 1.54) is 5.56 Å². The molecule has 1 aromatic carbocycles. The van der Waals surface area contributed by atoms with Crippen molar-refractivity contribution in [1.82, 2.24) is 0 Å². The highest BCUT2D eigenvalue weighted by Crippen LogP contribution is 2.30. The number of hydrogen-bond acceptors (Lipinski definition) is 1. The van der Waals surface area contributed by atoms with Crippen LogP contribution in [0.5, 0.6) is 5.75 Å². The van der Waals surface area contributed by atoms with Crippen molar-refractivity contribution in [2.24, 2.45) is 0 Å². The lowest BCUT2D eigenvalue weighted by Gasteiger charge is -2.12. The van der Waals surface area contributed by atoms with Crippen molar-refractivity contribution in [1.29, 1.82) is 0 Å². The van der Waals surface area contributed by atoms with Gasteiger partial charge in [0.15, 0.2) is 0 Å². The topological polar surface area (TPSA) is 9.23 Å². The molecule has 78 valence electrons. The smallest absolute Gasteiger partial charge is 0.120 e. The van der Waals surface area contributed by atoms with Crippen LogP contribution in [0.3, 0.4) is 0 Å². The lowest BCUT2D eigenvalue weighted by Crippen LogP contribution is -1.95. The fraction of sp³-hybridized carbons (Fsp3) is 0.455. The first-order valence-electron chi connectivity index (χ1n) is 4.58. The van der Waals surface area contributed by atoms with E-state index in [1.807, 2.05) is 18.2 Å². The minimum atomic E-state index is 0.479. The first-order chi connectivity index (χ1) is 6.69. The van der Waals surface area contributed by atoms with E-state index < -0.39 is 0 Å². The molecule has 14 heavy (non-hydrogen) atoms. The van der Waals surface area contributed by atoms with Crippen molar-refractivity contribution < 1.29 is 4.74 Å². The highest BCUT2D eigenvalue weighted by Gasteiger charge is 2.09. The molecule has 0 fully saturated rings. The summed E-state index contributed by atoms with van der Waals surface area (Å²) in [6.07, 6.45) is 1.09. The molecular weight excluding hydrogens is 263 g/mol. The maximum absolute atomic E-state index is 6.14. The Morgan fingerprint density at radius 1 is 1.50 bits per heavy atom. The number of rotatable bonds is 4. The molecule has 0 spiro atoms. The van der Waals surface area contributed by atoms with Crippen molar-refractivity contribution in [2.75, 3.05) is 12.4 Å². The van der Waals surface area contributed by atoms with Gasteiger partial charge in [-0.2, -0.15) is 0 Å². The Hall–Kier alpha value is -0.210. The molecule has 0 aliphatic rings. The van der Waals surface area contributed by atoms with Crippen LogP contribution in [0.4, 0.5) is 0 Å². The van der Waals surface area contributed by atoms with Crippen LogP contribution in [0, 0.1) is 0 Å². The molecule has 0 aliphatic carbocycles. The summed E-state index contributed by atoms with van der Waals surface area (Å²) in [7, 11) is 1.65. The molecule has 3 heteroatoms. The van der Waals surface area contributed by atoms with Crippen molar-refractivity contribution in [3.63, 3.8) is 0 Å². The zero-order chi connectivity index (χ0) is 10.6. The van der Waals surface area contributed by atoms with Crippen molar-refractivity contribution >= 4 is 27.5 Å². The average Bonchev–Trinajstić information content (AvgIpc) is 2.17. The summed E-state index contributed by atoms with van der Waals surface area (Å²) in [6, 6.07) is 5.85. The van der Waals surface area contributed by atoms with Gasteiger partial charge in [-0.1, -0.05) is 40.5 Å². The minimum absolute atomic E-state index is 0.479. The van der Waals surface area contributed by atoms with E-state index in [4.69, 9.17) is 16.3 Å². The standard InChI is InChI=1S/C11H14BrClO/c1-8(5-6-12)10-4-3-9(14-2)7-11(10)13/h3-4,7-8H,5-6H2,1-2H3. The minimum Gasteiger partial charge on any atom is -0.497 e. The summed E-state index contributed by atoms with van der Waals surface area (Å²) in [5.41, 5.74) is 1.19. The first kappa shape index (κ1) is 11.9. The summed E-state index contributed by atoms with van der Waals surface area (Å²) in [4.78, 5) is 0. The van der Waals surface area contributed by atoms with Crippen molar-refractivity contribution in [3.8, 4) is 5.75 Å². The van der Waals surface area contributed by atoms with Gasteiger partial charge in [0, 0.05) is 10.4 Å². The maximum atomic E-state index is 6.14. The predicted molar refractivity (Wildman–Crippen MR) is 64.8 cm³/mol. The van der Waals surface area contributed by atoms with Crippen molar-refractivity contribution in [2.45, 2.75) is 19.3 Å². The van der Waals surface area contributed by atoms with E-state index in [0.717, 1.165) is 22.5 Å². The van der Waals surface area contributed by atoms with Crippen LogP contribution < -0.4 is 4.74 Å². The molecule has 0 saturated heterocycles. The van der Waals surface area contributed by atoms with Crippen LogP contribution in [-0.2, 0) is 0 Å². The third-order valence-corrected chi connectivity index (χ3v) is 3.07. The van der Waals surface area contributed by atoms with Gasteiger partial charge in [0.1, 0.15) is 5.75 Å². The summed E-state index contributed by atoms with van der Waals surface area (Å²) >= 11 is 9.58. The monoisotopic (exact) mass is 276 g/mol. The lowest BCUT2D eigenvalue weighted by molar-refractivity contribution is 0.414. The van der Waals surface area contributed by atoms with E-state index in [-0.39, 0.29) is 0 Å². The van der Waals surface area contributed by atoms with E-state index in [0.29, 0.717) is 5.92 Å². The van der Waals surface area contributed by atoms with E-state index >= 15 is 0 Å². The van der Waals surface area contributed by atoms with Gasteiger partial charge in [0.25, 0.3) is 0 Å². The lowest BCUT2D eigenvalue weighted by atomic mass is 9.99. The van der Waals surface area contributed by atoms with Crippen molar-refractivity contribution in [3.05, 3.63) is 28.8 Å². The van der Waals surface area contributed by atoms with Crippen LogP contribution in [0.2, 0.25) is 5.02 Å². The van der Waals surface area contributed by atoms with Gasteiger partial charge in [-0.15, -0.1) is 0 Å². The Bertz CT molecular complexity index is 301. The molecule has 0 amide bonds. The number of benzene rings is 1. The number of halogens is 2. The van der Waals surface area contributed by atoms with Gasteiger partial charge < -0.3 is 4.74 Å². The van der Waals surface area contributed by atoms with Gasteiger partial charge in [0.05, 0.1) is 7.11 Å². The molecular formula is C11H14BrClO. The normalized spacial score (nSPS) is 12.6. The average molecular weight is 278 g/mol. The van der Waals surface area contributed by atoms with E-state index in [9.17, 15) is 0 Å². The number of methoxy groups -OCH3 is 1. The Kier molecular flexibility index (Phi) is 4.76. The predicted octanol–water partition coefficient (Wildman–Crippen LogP) is 4.24. The van der Waals surface area contributed by atoms with Crippen LogP contribution in [-0.4, -0.2) is 12.4 Å². The molecule has 1 rings (SSSR count).